The Balaban J connectivity index is 2.84. The summed E-state index contributed by atoms with van der Waals surface area (Å²) < 4.78 is 16.0. The monoisotopic (exact) mass is 233 g/mol. The fourth-order valence-electron chi connectivity index (χ4n) is 1.82. The van der Waals surface area contributed by atoms with Crippen LogP contribution in [0.2, 0.25) is 0 Å². The molecule has 0 fully saturated rings. The van der Waals surface area contributed by atoms with E-state index in [1.165, 1.54) is 0 Å². The molecule has 1 aliphatic rings. The van der Waals surface area contributed by atoms with Gasteiger partial charge in [-0.1, -0.05) is 6.08 Å². The lowest BCUT2D eigenvalue weighted by atomic mass is 10.2. The molecule has 90 valence electrons. The molecule has 1 N–H and O–H groups in total. The maximum Gasteiger partial charge on any atom is 0.203 e. The van der Waals surface area contributed by atoms with Crippen LogP contribution in [-0.2, 0) is 0 Å². The van der Waals surface area contributed by atoms with E-state index < -0.39 is 0 Å². The summed E-state index contributed by atoms with van der Waals surface area (Å²) >= 11 is 0. The van der Waals surface area contributed by atoms with E-state index in [1.807, 2.05) is 30.6 Å². The number of hydrogen-bond donors (Lipinski definition) is 1. The molecule has 0 aliphatic carbocycles. The molecular weight excluding hydrogens is 218 g/mol. The number of hydrogen-bond acceptors (Lipinski definition) is 4. The Labute approximate surface area is 99.8 Å². The Hall–Kier alpha value is -2.10. The number of rotatable bonds is 3. The van der Waals surface area contributed by atoms with Gasteiger partial charge >= 0.3 is 0 Å². The number of allylic oxidation sites excluding steroid dienone is 1. The maximum absolute atomic E-state index is 5.41. The van der Waals surface area contributed by atoms with Gasteiger partial charge in [-0.2, -0.15) is 0 Å². The number of methoxy groups -OCH3 is 3. The lowest BCUT2D eigenvalue weighted by Gasteiger charge is -2.12. The highest BCUT2D eigenvalue weighted by molar-refractivity contribution is 5.58. The summed E-state index contributed by atoms with van der Waals surface area (Å²) in [6, 6.07) is 1.92. The van der Waals surface area contributed by atoms with Crippen molar-refractivity contribution >= 4 is 12.3 Å². The smallest absolute Gasteiger partial charge is 0.203 e. The minimum Gasteiger partial charge on any atom is -0.493 e. The Morgan fingerprint density at radius 2 is 1.76 bits per heavy atom. The van der Waals surface area contributed by atoms with Crippen LogP contribution in [0.3, 0.4) is 0 Å². The van der Waals surface area contributed by atoms with E-state index in [0.29, 0.717) is 17.2 Å². The summed E-state index contributed by atoms with van der Waals surface area (Å²) in [5, 5.41) is 5.01. The molecule has 1 aromatic rings. The van der Waals surface area contributed by atoms with Crippen molar-refractivity contribution in [1.29, 1.82) is 0 Å². The van der Waals surface area contributed by atoms with E-state index in [1.54, 1.807) is 21.3 Å². The molecule has 0 radical (unpaired) electrons. The maximum atomic E-state index is 5.41. The van der Waals surface area contributed by atoms with E-state index in [-0.39, 0.29) is 0 Å². The van der Waals surface area contributed by atoms with Gasteiger partial charge < -0.3 is 19.5 Å². The first kappa shape index (κ1) is 11.4. The van der Waals surface area contributed by atoms with Gasteiger partial charge in [-0.25, -0.2) is 0 Å². The first-order chi connectivity index (χ1) is 8.31. The van der Waals surface area contributed by atoms with E-state index >= 15 is 0 Å². The van der Waals surface area contributed by atoms with Crippen LogP contribution < -0.4 is 30.0 Å². The van der Waals surface area contributed by atoms with Crippen molar-refractivity contribution in [3.63, 3.8) is 0 Å². The highest BCUT2D eigenvalue weighted by Crippen LogP contribution is 2.32. The highest BCUT2D eigenvalue weighted by atomic mass is 16.5. The summed E-state index contributed by atoms with van der Waals surface area (Å²) in [7, 11) is 4.82. The molecule has 0 saturated heterocycles. The van der Waals surface area contributed by atoms with Gasteiger partial charge in [0.05, 0.1) is 21.3 Å². The zero-order valence-corrected chi connectivity index (χ0v) is 10.1. The molecule has 0 atom stereocenters. The van der Waals surface area contributed by atoms with Crippen molar-refractivity contribution in [2.24, 2.45) is 0 Å². The van der Waals surface area contributed by atoms with Crippen LogP contribution in [0.15, 0.2) is 18.3 Å². The van der Waals surface area contributed by atoms with Crippen molar-refractivity contribution < 1.29 is 14.2 Å². The molecule has 0 saturated carbocycles. The van der Waals surface area contributed by atoms with Gasteiger partial charge in [0.25, 0.3) is 0 Å². The van der Waals surface area contributed by atoms with Crippen LogP contribution in [0.1, 0.15) is 0 Å². The standard InChI is InChI=1S/C13H15NO3/c1-15-11-7-9-5-4-6-14-8-10(9)12(16-2)13(11)17-3/h4-8,14H,1-3H3. The van der Waals surface area contributed by atoms with Gasteiger partial charge in [0.15, 0.2) is 11.5 Å². The Bertz CT molecular complexity index is 561. The topological polar surface area (TPSA) is 39.7 Å². The molecule has 0 amide bonds. The largest absolute Gasteiger partial charge is 0.493 e. The van der Waals surface area contributed by atoms with Gasteiger partial charge in [0.1, 0.15) is 0 Å². The van der Waals surface area contributed by atoms with E-state index in [4.69, 9.17) is 14.2 Å². The van der Waals surface area contributed by atoms with E-state index in [9.17, 15) is 0 Å². The molecule has 1 aromatic carbocycles. The van der Waals surface area contributed by atoms with Crippen LogP contribution in [-0.4, -0.2) is 21.3 Å². The van der Waals surface area contributed by atoms with Gasteiger partial charge in [0, 0.05) is 17.6 Å². The second kappa shape index (κ2) is 4.82. The zero-order valence-electron chi connectivity index (χ0n) is 10.1. The lowest BCUT2D eigenvalue weighted by Crippen LogP contribution is -2.28. The van der Waals surface area contributed by atoms with Crippen molar-refractivity contribution in [3.05, 3.63) is 28.8 Å². The van der Waals surface area contributed by atoms with Crippen LogP contribution in [0, 0.1) is 0 Å². The van der Waals surface area contributed by atoms with Crippen molar-refractivity contribution in [1.82, 2.24) is 5.32 Å². The van der Waals surface area contributed by atoms with Gasteiger partial charge in [-0.3, -0.25) is 0 Å². The normalized spacial score (nSPS) is 12.4. The quantitative estimate of drug-likeness (QED) is 0.817. The Morgan fingerprint density at radius 3 is 2.41 bits per heavy atom. The SMILES string of the molecule is COc1cc2c(c(OC)c1OC)=CNC=CC=2. The summed E-state index contributed by atoms with van der Waals surface area (Å²) in [5.41, 5.74) is 0. The number of benzene rings is 1. The molecule has 0 aromatic heterocycles. The third kappa shape index (κ3) is 1.93. The van der Waals surface area contributed by atoms with Crippen LogP contribution >= 0.6 is 0 Å². The third-order valence-corrected chi connectivity index (χ3v) is 2.60. The van der Waals surface area contributed by atoms with Crippen LogP contribution in [0.25, 0.3) is 12.3 Å². The van der Waals surface area contributed by atoms with Crippen molar-refractivity contribution in [2.75, 3.05) is 21.3 Å². The minimum absolute atomic E-state index is 0.599. The van der Waals surface area contributed by atoms with Gasteiger partial charge in [-0.05, 0) is 17.4 Å². The molecule has 0 spiro atoms. The van der Waals surface area contributed by atoms with Crippen molar-refractivity contribution in [3.8, 4) is 17.2 Å². The Morgan fingerprint density at radius 1 is 1.00 bits per heavy atom. The number of ether oxygens (including phenoxy) is 3. The van der Waals surface area contributed by atoms with E-state index in [0.717, 1.165) is 10.4 Å². The average molecular weight is 233 g/mol. The van der Waals surface area contributed by atoms with Gasteiger partial charge in [-0.15, -0.1) is 0 Å². The second-order valence-corrected chi connectivity index (χ2v) is 3.49. The molecule has 0 bridgehead atoms. The first-order valence-electron chi connectivity index (χ1n) is 5.24. The molecule has 2 rings (SSSR count). The molecule has 1 heterocycles. The fraction of sp³-hybridized carbons (Fsp3) is 0.231. The Kier molecular flexibility index (Phi) is 3.23. The van der Waals surface area contributed by atoms with E-state index in [2.05, 4.69) is 5.32 Å². The molecule has 0 unspecified atom stereocenters. The average Bonchev–Trinajstić information content (AvgIpc) is 2.60. The summed E-state index contributed by atoms with van der Waals surface area (Å²) in [6.45, 7) is 0. The summed E-state index contributed by atoms with van der Waals surface area (Å²) in [6.07, 6.45) is 7.62. The fourth-order valence-corrected chi connectivity index (χ4v) is 1.82. The molecule has 17 heavy (non-hydrogen) atoms. The lowest BCUT2D eigenvalue weighted by molar-refractivity contribution is 0.322. The number of fused-ring (bicyclic) bond motifs is 1. The summed E-state index contributed by atoms with van der Waals surface area (Å²) in [4.78, 5) is 0. The van der Waals surface area contributed by atoms with Crippen LogP contribution in [0.5, 0.6) is 17.2 Å². The molecular formula is C13H15NO3. The second-order valence-electron chi connectivity index (χ2n) is 3.49. The van der Waals surface area contributed by atoms with Gasteiger partial charge in [0.2, 0.25) is 5.75 Å². The first-order valence-corrected chi connectivity index (χ1v) is 5.24. The molecule has 4 heteroatoms. The zero-order chi connectivity index (χ0) is 12.3. The highest BCUT2D eigenvalue weighted by Gasteiger charge is 2.13. The molecule has 1 aliphatic heterocycles. The van der Waals surface area contributed by atoms with Crippen molar-refractivity contribution in [2.45, 2.75) is 0 Å². The predicted octanol–water partition coefficient (Wildman–Crippen LogP) is 0.348. The molecule has 4 nitrogen and oxygen atoms in total. The minimum atomic E-state index is 0.599. The third-order valence-electron chi connectivity index (χ3n) is 2.60. The number of nitrogens with one attached hydrogen (secondary N) is 1. The predicted molar refractivity (Wildman–Crippen MR) is 66.6 cm³/mol. The van der Waals surface area contributed by atoms with Crippen LogP contribution in [0.4, 0.5) is 0 Å². The summed E-state index contributed by atoms with van der Waals surface area (Å²) in [5.74, 6) is 1.92.